The molecule has 0 amide bonds. The molecule has 27 heavy (non-hydrogen) atoms. The van der Waals surface area contributed by atoms with Crippen molar-refractivity contribution in [3.63, 3.8) is 0 Å². The lowest BCUT2D eigenvalue weighted by Gasteiger charge is -2.34. The number of H-pyrrole nitrogens is 1. The largest absolute Gasteiger partial charge is 0.384 e. The van der Waals surface area contributed by atoms with Gasteiger partial charge in [0.2, 0.25) is 0 Å². The van der Waals surface area contributed by atoms with Crippen LogP contribution in [0.4, 0.5) is 0 Å². The number of allylic oxidation sites excluding steroid dienone is 1. The van der Waals surface area contributed by atoms with Crippen molar-refractivity contribution in [2.24, 2.45) is 10.9 Å². The number of fused-ring (bicyclic) bond motifs is 4. The number of hydrogen-bond donors (Lipinski definition) is 1. The van der Waals surface area contributed by atoms with Crippen molar-refractivity contribution in [3.05, 3.63) is 40.7 Å². The lowest BCUT2D eigenvalue weighted by molar-refractivity contribution is 0.0731. The molecule has 4 atom stereocenters. The van der Waals surface area contributed by atoms with Gasteiger partial charge in [-0.25, -0.2) is 0 Å². The van der Waals surface area contributed by atoms with Gasteiger partial charge in [-0.15, -0.1) is 0 Å². The number of hydrogen-bond acceptors (Lipinski definition) is 6. The van der Waals surface area contributed by atoms with Crippen LogP contribution in [0.5, 0.6) is 0 Å². The highest BCUT2D eigenvalue weighted by atomic mass is 16.8. The summed E-state index contributed by atoms with van der Waals surface area (Å²) in [5, 5.41) is 18.4. The maximum atomic E-state index is 10.0. The number of ether oxygens (including phenoxy) is 3. The van der Waals surface area contributed by atoms with Crippen molar-refractivity contribution in [2.75, 3.05) is 20.3 Å². The second-order valence-electron chi connectivity index (χ2n) is 7.23. The second-order valence-corrected chi connectivity index (χ2v) is 7.23. The molecule has 2 saturated heterocycles. The minimum atomic E-state index is -0.170. The Balaban J connectivity index is 1.65. The van der Waals surface area contributed by atoms with E-state index in [-0.39, 0.29) is 24.2 Å². The number of nitrogens with one attached hydrogen (secondary N) is 1. The SMILES string of the molecule is COCCC1=C(C#N)C(c2ccc3n[nH]c(C)c3c2)C2C(=N1)COC1OC12. The molecule has 4 unspecified atom stereocenters. The third-order valence-corrected chi connectivity index (χ3v) is 5.67. The van der Waals surface area contributed by atoms with E-state index in [1.54, 1.807) is 7.11 Å². The summed E-state index contributed by atoms with van der Waals surface area (Å²) in [6.45, 7) is 2.98. The maximum absolute atomic E-state index is 10.0. The molecule has 7 nitrogen and oxygen atoms in total. The lowest BCUT2D eigenvalue weighted by atomic mass is 9.73. The van der Waals surface area contributed by atoms with Gasteiger partial charge in [0.1, 0.15) is 6.10 Å². The van der Waals surface area contributed by atoms with Gasteiger partial charge in [-0.1, -0.05) is 6.07 Å². The molecule has 3 aliphatic heterocycles. The van der Waals surface area contributed by atoms with Crippen molar-refractivity contribution in [3.8, 4) is 6.07 Å². The molecule has 1 N–H and O–H groups in total. The summed E-state index contributed by atoms with van der Waals surface area (Å²) in [6, 6.07) is 8.65. The molecule has 3 aliphatic rings. The van der Waals surface area contributed by atoms with Crippen LogP contribution in [0.15, 0.2) is 34.5 Å². The number of nitrogens with zero attached hydrogens (tertiary/aromatic N) is 3. The number of epoxide rings is 1. The number of aryl methyl sites for hydroxylation is 1. The van der Waals surface area contributed by atoms with E-state index in [0.29, 0.717) is 25.2 Å². The molecule has 2 aromatic rings. The first kappa shape index (κ1) is 16.6. The molecule has 0 aliphatic carbocycles. The van der Waals surface area contributed by atoms with Gasteiger partial charge in [-0.2, -0.15) is 10.4 Å². The molecule has 1 aromatic heterocycles. The third kappa shape index (κ3) is 2.60. The summed E-state index contributed by atoms with van der Waals surface area (Å²) < 4.78 is 16.7. The zero-order valence-electron chi connectivity index (χ0n) is 15.2. The van der Waals surface area contributed by atoms with E-state index in [1.807, 2.05) is 13.0 Å². The molecule has 7 heteroatoms. The standard InChI is InChI=1S/C20H20N4O3/c1-10-12-7-11(3-4-15(12)24-23-10)17-13(8-21)14(5-6-25-2)22-16-9-26-20-19(27-20)18(16)17/h3-4,7,17-20H,5-6,9H2,1-2H3,(H,23,24). The number of benzene rings is 1. The monoisotopic (exact) mass is 364 g/mol. The van der Waals surface area contributed by atoms with E-state index in [9.17, 15) is 5.26 Å². The van der Waals surface area contributed by atoms with Crippen LogP contribution in [0, 0.1) is 24.2 Å². The summed E-state index contributed by atoms with van der Waals surface area (Å²) in [7, 11) is 1.66. The highest BCUT2D eigenvalue weighted by Crippen LogP contribution is 2.49. The zero-order valence-corrected chi connectivity index (χ0v) is 15.2. The van der Waals surface area contributed by atoms with Crippen LogP contribution in [0.3, 0.4) is 0 Å². The van der Waals surface area contributed by atoms with E-state index in [4.69, 9.17) is 19.2 Å². The Morgan fingerprint density at radius 2 is 2.30 bits per heavy atom. The smallest absolute Gasteiger partial charge is 0.185 e. The van der Waals surface area contributed by atoms with Gasteiger partial charge in [-0.3, -0.25) is 10.1 Å². The van der Waals surface area contributed by atoms with Gasteiger partial charge < -0.3 is 14.2 Å². The Labute approximate surface area is 156 Å². The van der Waals surface area contributed by atoms with E-state index in [1.165, 1.54) is 0 Å². The molecule has 0 bridgehead atoms. The first-order valence-corrected chi connectivity index (χ1v) is 9.12. The van der Waals surface area contributed by atoms with Crippen molar-refractivity contribution in [1.82, 2.24) is 10.2 Å². The van der Waals surface area contributed by atoms with Gasteiger partial charge in [-0.05, 0) is 24.6 Å². The Morgan fingerprint density at radius 1 is 1.41 bits per heavy atom. The predicted molar refractivity (Wildman–Crippen MR) is 98.2 cm³/mol. The first-order chi connectivity index (χ1) is 13.2. The topological polar surface area (TPSA) is 95.8 Å². The predicted octanol–water partition coefficient (Wildman–Crippen LogP) is 2.60. The molecule has 5 rings (SSSR count). The molecular formula is C20H20N4O3. The van der Waals surface area contributed by atoms with E-state index < -0.39 is 0 Å². The molecule has 1 aromatic carbocycles. The lowest BCUT2D eigenvalue weighted by Crippen LogP contribution is -2.39. The van der Waals surface area contributed by atoms with Gasteiger partial charge in [0.15, 0.2) is 6.29 Å². The number of nitriles is 1. The highest BCUT2D eigenvalue weighted by Gasteiger charge is 2.56. The number of aromatic amines is 1. The van der Waals surface area contributed by atoms with Crippen LogP contribution in [0.1, 0.15) is 23.6 Å². The third-order valence-electron chi connectivity index (χ3n) is 5.67. The van der Waals surface area contributed by atoms with E-state index >= 15 is 0 Å². The summed E-state index contributed by atoms with van der Waals surface area (Å²) >= 11 is 0. The minimum absolute atomic E-state index is 0.0315. The van der Waals surface area contributed by atoms with Crippen molar-refractivity contribution < 1.29 is 14.2 Å². The zero-order chi connectivity index (χ0) is 18.5. The summed E-state index contributed by atoms with van der Waals surface area (Å²) in [5.74, 6) is -0.0543. The van der Waals surface area contributed by atoms with Crippen molar-refractivity contribution in [2.45, 2.75) is 31.7 Å². The molecular weight excluding hydrogens is 344 g/mol. The molecule has 0 spiro atoms. The fourth-order valence-electron chi connectivity index (χ4n) is 4.28. The number of aromatic nitrogens is 2. The van der Waals surface area contributed by atoms with Crippen LogP contribution in [0.2, 0.25) is 0 Å². The molecule has 4 heterocycles. The van der Waals surface area contributed by atoms with Crippen LogP contribution < -0.4 is 0 Å². The minimum Gasteiger partial charge on any atom is -0.384 e. The van der Waals surface area contributed by atoms with Gasteiger partial charge in [0.25, 0.3) is 0 Å². The van der Waals surface area contributed by atoms with Gasteiger partial charge in [0.05, 0.1) is 41.8 Å². The summed E-state index contributed by atoms with van der Waals surface area (Å²) in [5.41, 5.74) is 5.50. The molecule has 2 fully saturated rings. The Morgan fingerprint density at radius 3 is 3.11 bits per heavy atom. The van der Waals surface area contributed by atoms with E-state index in [2.05, 4.69) is 28.4 Å². The highest BCUT2D eigenvalue weighted by molar-refractivity contribution is 5.93. The first-order valence-electron chi connectivity index (χ1n) is 9.12. The summed E-state index contributed by atoms with van der Waals surface area (Å²) in [4.78, 5) is 4.79. The average molecular weight is 364 g/mol. The maximum Gasteiger partial charge on any atom is 0.185 e. The molecule has 0 radical (unpaired) electrons. The van der Waals surface area contributed by atoms with Crippen molar-refractivity contribution >= 4 is 16.6 Å². The fourth-order valence-corrected chi connectivity index (χ4v) is 4.28. The molecule has 138 valence electrons. The fraction of sp³-hybridized carbons (Fsp3) is 0.450. The van der Waals surface area contributed by atoms with Crippen molar-refractivity contribution in [1.29, 1.82) is 5.26 Å². The van der Waals surface area contributed by atoms with Gasteiger partial charge in [0, 0.05) is 36.4 Å². The Bertz CT molecular complexity index is 1020. The van der Waals surface area contributed by atoms with Crippen LogP contribution in [0.25, 0.3) is 10.9 Å². The van der Waals surface area contributed by atoms with Crippen LogP contribution in [-0.4, -0.2) is 48.6 Å². The second kappa shape index (κ2) is 6.27. The molecule has 0 saturated carbocycles. The normalized spacial score (nSPS) is 29.1. The van der Waals surface area contributed by atoms with E-state index in [0.717, 1.165) is 33.6 Å². The van der Waals surface area contributed by atoms with Crippen LogP contribution >= 0.6 is 0 Å². The number of aliphatic imine (C=N–C) groups is 1. The quantitative estimate of drug-likeness (QED) is 0.841. The number of rotatable bonds is 4. The Hall–Kier alpha value is -2.53. The Kier molecular flexibility index (Phi) is 3.86. The summed E-state index contributed by atoms with van der Waals surface area (Å²) in [6.07, 6.45) is 0.404. The van der Waals surface area contributed by atoms with Gasteiger partial charge >= 0.3 is 0 Å². The average Bonchev–Trinajstić information content (AvgIpc) is 3.40. The number of methoxy groups -OCH3 is 1. The van der Waals surface area contributed by atoms with Crippen LogP contribution in [-0.2, 0) is 14.2 Å².